The van der Waals surface area contributed by atoms with Crippen LogP contribution in [0.25, 0.3) is 0 Å². The predicted octanol–water partition coefficient (Wildman–Crippen LogP) is 2.95. The highest BCUT2D eigenvalue weighted by molar-refractivity contribution is 5.32. The molecule has 15 heavy (non-hydrogen) atoms. The SMILES string of the molecule is CCCCNC(C#N)c1ccccc1C. The Hall–Kier alpha value is -1.33. The van der Waals surface area contributed by atoms with Crippen LogP contribution in [0.15, 0.2) is 24.3 Å². The fourth-order valence-corrected chi connectivity index (χ4v) is 1.56. The van der Waals surface area contributed by atoms with Gasteiger partial charge < -0.3 is 0 Å². The largest absolute Gasteiger partial charge is 0.298 e. The van der Waals surface area contributed by atoms with E-state index >= 15 is 0 Å². The summed E-state index contributed by atoms with van der Waals surface area (Å²) in [5.74, 6) is 0. The highest BCUT2D eigenvalue weighted by Gasteiger charge is 2.10. The summed E-state index contributed by atoms with van der Waals surface area (Å²) < 4.78 is 0. The van der Waals surface area contributed by atoms with Crippen molar-refractivity contribution in [2.45, 2.75) is 32.7 Å². The van der Waals surface area contributed by atoms with Gasteiger partial charge in [-0.3, -0.25) is 5.32 Å². The molecule has 0 saturated heterocycles. The van der Waals surface area contributed by atoms with Crippen LogP contribution in [0.5, 0.6) is 0 Å². The van der Waals surface area contributed by atoms with Crippen LogP contribution in [-0.4, -0.2) is 6.54 Å². The molecule has 1 aromatic rings. The summed E-state index contributed by atoms with van der Waals surface area (Å²) in [5, 5.41) is 12.4. The number of benzene rings is 1. The van der Waals surface area contributed by atoms with Gasteiger partial charge in [0.15, 0.2) is 0 Å². The van der Waals surface area contributed by atoms with Crippen LogP contribution >= 0.6 is 0 Å². The first-order valence-corrected chi connectivity index (χ1v) is 5.48. The highest BCUT2D eigenvalue weighted by Crippen LogP contribution is 2.16. The summed E-state index contributed by atoms with van der Waals surface area (Å²) in [5.41, 5.74) is 2.27. The molecule has 2 nitrogen and oxygen atoms in total. The first-order chi connectivity index (χ1) is 7.29. The average molecular weight is 202 g/mol. The normalized spacial score (nSPS) is 12.1. The van der Waals surface area contributed by atoms with Gasteiger partial charge in [-0.2, -0.15) is 5.26 Å². The van der Waals surface area contributed by atoms with Gasteiger partial charge in [-0.15, -0.1) is 0 Å². The van der Waals surface area contributed by atoms with Crippen LogP contribution in [0.1, 0.15) is 36.9 Å². The third-order valence-electron chi connectivity index (χ3n) is 2.51. The maximum atomic E-state index is 9.09. The highest BCUT2D eigenvalue weighted by atomic mass is 14.9. The van der Waals surface area contributed by atoms with Crippen molar-refractivity contribution in [3.8, 4) is 6.07 Å². The van der Waals surface area contributed by atoms with Crippen molar-refractivity contribution in [3.63, 3.8) is 0 Å². The van der Waals surface area contributed by atoms with Crippen molar-refractivity contribution in [2.24, 2.45) is 0 Å². The quantitative estimate of drug-likeness (QED) is 0.745. The van der Waals surface area contributed by atoms with E-state index in [-0.39, 0.29) is 6.04 Å². The fourth-order valence-electron chi connectivity index (χ4n) is 1.56. The van der Waals surface area contributed by atoms with Crippen molar-refractivity contribution in [1.82, 2.24) is 5.32 Å². The number of nitriles is 1. The molecule has 1 unspecified atom stereocenters. The zero-order valence-corrected chi connectivity index (χ0v) is 9.46. The Morgan fingerprint density at radius 1 is 1.40 bits per heavy atom. The minimum atomic E-state index is -0.169. The Morgan fingerprint density at radius 3 is 2.73 bits per heavy atom. The van der Waals surface area contributed by atoms with E-state index in [9.17, 15) is 0 Å². The Labute approximate surface area is 91.9 Å². The standard InChI is InChI=1S/C13H18N2/c1-3-4-9-15-13(10-14)12-8-6-5-7-11(12)2/h5-8,13,15H,3-4,9H2,1-2H3. The number of hydrogen-bond donors (Lipinski definition) is 1. The predicted molar refractivity (Wildman–Crippen MR) is 62.4 cm³/mol. The molecule has 0 spiro atoms. The number of aryl methyl sites for hydroxylation is 1. The lowest BCUT2D eigenvalue weighted by molar-refractivity contribution is 0.596. The van der Waals surface area contributed by atoms with Gasteiger partial charge in [0, 0.05) is 0 Å². The molecule has 0 saturated carbocycles. The molecule has 1 atom stereocenters. The second kappa shape index (κ2) is 6.21. The number of unbranched alkanes of at least 4 members (excludes halogenated alkanes) is 1. The first-order valence-electron chi connectivity index (χ1n) is 5.48. The van der Waals surface area contributed by atoms with Crippen LogP contribution in [0, 0.1) is 18.3 Å². The Balaban J connectivity index is 2.67. The van der Waals surface area contributed by atoms with Crippen molar-refractivity contribution >= 4 is 0 Å². The van der Waals surface area contributed by atoms with Crippen molar-refractivity contribution in [1.29, 1.82) is 5.26 Å². The summed E-state index contributed by atoms with van der Waals surface area (Å²) in [6.45, 7) is 5.10. The molecular formula is C13H18N2. The molecule has 1 N–H and O–H groups in total. The van der Waals surface area contributed by atoms with Gasteiger partial charge in [0.05, 0.1) is 6.07 Å². The van der Waals surface area contributed by atoms with Crippen LogP contribution in [0.4, 0.5) is 0 Å². The van der Waals surface area contributed by atoms with Gasteiger partial charge in [-0.25, -0.2) is 0 Å². The minimum absolute atomic E-state index is 0.169. The third kappa shape index (κ3) is 3.38. The molecule has 80 valence electrons. The summed E-state index contributed by atoms with van der Waals surface area (Å²) in [7, 11) is 0. The number of hydrogen-bond acceptors (Lipinski definition) is 2. The van der Waals surface area contributed by atoms with Crippen LogP contribution in [0.3, 0.4) is 0 Å². The second-order valence-electron chi connectivity index (χ2n) is 3.73. The number of nitrogens with one attached hydrogen (secondary N) is 1. The molecule has 0 bridgehead atoms. The topological polar surface area (TPSA) is 35.8 Å². The van der Waals surface area contributed by atoms with Crippen molar-refractivity contribution in [2.75, 3.05) is 6.54 Å². The summed E-state index contributed by atoms with van der Waals surface area (Å²) in [4.78, 5) is 0. The summed E-state index contributed by atoms with van der Waals surface area (Å²) >= 11 is 0. The number of rotatable bonds is 5. The van der Waals surface area contributed by atoms with E-state index in [0.29, 0.717) is 0 Å². The zero-order valence-electron chi connectivity index (χ0n) is 9.46. The van der Waals surface area contributed by atoms with E-state index in [1.807, 2.05) is 31.2 Å². The molecule has 0 amide bonds. The van der Waals surface area contributed by atoms with E-state index in [0.717, 1.165) is 24.9 Å². The Kier molecular flexibility index (Phi) is 4.86. The van der Waals surface area contributed by atoms with Gasteiger partial charge in [-0.05, 0) is 31.0 Å². The number of nitrogens with zero attached hydrogens (tertiary/aromatic N) is 1. The van der Waals surface area contributed by atoms with Crippen LogP contribution in [0.2, 0.25) is 0 Å². The fraction of sp³-hybridized carbons (Fsp3) is 0.462. The molecule has 0 fully saturated rings. The lowest BCUT2D eigenvalue weighted by Gasteiger charge is -2.13. The van der Waals surface area contributed by atoms with Gasteiger partial charge in [0.1, 0.15) is 6.04 Å². The maximum Gasteiger partial charge on any atom is 0.121 e. The molecule has 0 aromatic heterocycles. The van der Waals surface area contributed by atoms with Crippen LogP contribution in [-0.2, 0) is 0 Å². The zero-order chi connectivity index (χ0) is 11.1. The molecule has 0 aliphatic heterocycles. The average Bonchev–Trinajstić information content (AvgIpc) is 2.26. The molecule has 0 aliphatic rings. The third-order valence-corrected chi connectivity index (χ3v) is 2.51. The van der Waals surface area contributed by atoms with Gasteiger partial charge in [0.2, 0.25) is 0 Å². The van der Waals surface area contributed by atoms with Gasteiger partial charge in [0.25, 0.3) is 0 Å². The van der Waals surface area contributed by atoms with Crippen molar-refractivity contribution < 1.29 is 0 Å². The van der Waals surface area contributed by atoms with E-state index in [1.165, 1.54) is 5.56 Å². The summed E-state index contributed by atoms with van der Waals surface area (Å²) in [6.07, 6.45) is 2.27. The second-order valence-corrected chi connectivity index (χ2v) is 3.73. The van der Waals surface area contributed by atoms with Gasteiger partial charge in [-0.1, -0.05) is 37.6 Å². The van der Waals surface area contributed by atoms with E-state index in [4.69, 9.17) is 5.26 Å². The van der Waals surface area contributed by atoms with Gasteiger partial charge >= 0.3 is 0 Å². The molecule has 2 heteroatoms. The minimum Gasteiger partial charge on any atom is -0.298 e. The van der Waals surface area contributed by atoms with E-state index in [1.54, 1.807) is 0 Å². The monoisotopic (exact) mass is 202 g/mol. The molecule has 1 aromatic carbocycles. The Bertz CT molecular complexity index is 339. The van der Waals surface area contributed by atoms with E-state index in [2.05, 4.69) is 18.3 Å². The maximum absolute atomic E-state index is 9.09. The van der Waals surface area contributed by atoms with E-state index < -0.39 is 0 Å². The molecule has 0 radical (unpaired) electrons. The lowest BCUT2D eigenvalue weighted by Crippen LogP contribution is -2.21. The molecular weight excluding hydrogens is 184 g/mol. The lowest BCUT2D eigenvalue weighted by atomic mass is 10.0. The molecule has 0 heterocycles. The Morgan fingerprint density at radius 2 is 2.13 bits per heavy atom. The first kappa shape index (κ1) is 11.7. The van der Waals surface area contributed by atoms with Crippen molar-refractivity contribution in [3.05, 3.63) is 35.4 Å². The van der Waals surface area contributed by atoms with Crippen LogP contribution < -0.4 is 5.32 Å². The molecule has 0 aliphatic carbocycles. The summed E-state index contributed by atoms with van der Waals surface area (Å²) in [6, 6.07) is 10.2. The smallest absolute Gasteiger partial charge is 0.121 e. The molecule has 1 rings (SSSR count).